The van der Waals surface area contributed by atoms with Crippen molar-refractivity contribution in [1.82, 2.24) is 4.90 Å². The molecule has 1 aromatic rings. The maximum absolute atomic E-state index is 12.8. The summed E-state index contributed by atoms with van der Waals surface area (Å²) in [7, 11) is 0. The molecule has 0 spiro atoms. The molecule has 120 valence electrons. The third-order valence-corrected chi connectivity index (χ3v) is 5.04. The Labute approximate surface area is 131 Å². The van der Waals surface area contributed by atoms with E-state index in [1.54, 1.807) is 6.07 Å². The van der Waals surface area contributed by atoms with E-state index >= 15 is 0 Å². The van der Waals surface area contributed by atoms with E-state index in [0.717, 1.165) is 18.8 Å². The summed E-state index contributed by atoms with van der Waals surface area (Å²) in [6.07, 6.45) is 0. The average molecular weight is 304 g/mol. The van der Waals surface area contributed by atoms with Crippen LogP contribution in [0.15, 0.2) is 24.3 Å². The number of benzene rings is 1. The van der Waals surface area contributed by atoms with Gasteiger partial charge in [-0.3, -0.25) is 4.79 Å². The molecule has 5 nitrogen and oxygen atoms in total. The zero-order chi connectivity index (χ0) is 15.7. The summed E-state index contributed by atoms with van der Waals surface area (Å²) in [5.74, 6) is 0.823. The van der Waals surface area contributed by atoms with Crippen LogP contribution < -0.4 is 4.90 Å². The summed E-state index contributed by atoms with van der Waals surface area (Å²) in [4.78, 5) is 16.9. The summed E-state index contributed by atoms with van der Waals surface area (Å²) >= 11 is 0. The number of phenolic OH excluding ortho intramolecular Hbond substituents is 1. The van der Waals surface area contributed by atoms with Crippen molar-refractivity contribution in [2.45, 2.75) is 13.8 Å². The second-order valence-corrected chi connectivity index (χ2v) is 6.57. The molecule has 0 atom stereocenters. The van der Waals surface area contributed by atoms with Crippen molar-refractivity contribution >= 4 is 11.6 Å². The van der Waals surface area contributed by atoms with Crippen molar-refractivity contribution in [3.63, 3.8) is 0 Å². The number of anilines is 1. The molecule has 0 aliphatic carbocycles. The van der Waals surface area contributed by atoms with E-state index in [-0.39, 0.29) is 11.3 Å². The van der Waals surface area contributed by atoms with E-state index in [1.807, 2.05) is 23.1 Å². The molecule has 1 amide bonds. The van der Waals surface area contributed by atoms with Gasteiger partial charge in [0.2, 0.25) is 5.91 Å². The van der Waals surface area contributed by atoms with Gasteiger partial charge in [0.15, 0.2) is 0 Å². The molecule has 3 rings (SSSR count). The van der Waals surface area contributed by atoms with Gasteiger partial charge in [0.25, 0.3) is 0 Å². The summed E-state index contributed by atoms with van der Waals surface area (Å²) in [6.45, 7) is 8.17. The van der Waals surface area contributed by atoms with Crippen LogP contribution in [-0.4, -0.2) is 55.3 Å². The largest absolute Gasteiger partial charge is 0.506 e. The predicted octanol–water partition coefficient (Wildman–Crippen LogP) is 1.71. The van der Waals surface area contributed by atoms with Gasteiger partial charge in [-0.25, -0.2) is 0 Å². The van der Waals surface area contributed by atoms with Gasteiger partial charge < -0.3 is 19.6 Å². The molecule has 22 heavy (non-hydrogen) atoms. The Morgan fingerprint density at radius 1 is 1.18 bits per heavy atom. The molecule has 0 saturated carbocycles. The lowest BCUT2D eigenvalue weighted by molar-refractivity contribution is -0.182. The summed E-state index contributed by atoms with van der Waals surface area (Å²) in [6, 6.07) is 7.36. The first-order valence-corrected chi connectivity index (χ1v) is 7.95. The first-order valence-electron chi connectivity index (χ1n) is 7.95. The van der Waals surface area contributed by atoms with Crippen molar-refractivity contribution in [3.05, 3.63) is 24.3 Å². The van der Waals surface area contributed by atoms with Crippen molar-refractivity contribution in [2.75, 3.05) is 44.3 Å². The predicted molar refractivity (Wildman–Crippen MR) is 85.0 cm³/mol. The van der Waals surface area contributed by atoms with Crippen LogP contribution in [0.3, 0.4) is 0 Å². The molecule has 2 fully saturated rings. The number of nitrogens with zero attached hydrogens (tertiary/aromatic N) is 2. The Kier molecular flexibility index (Phi) is 4.00. The molecule has 0 radical (unpaired) electrons. The van der Waals surface area contributed by atoms with E-state index < -0.39 is 0 Å². The molecule has 0 unspecified atom stereocenters. The minimum absolute atomic E-state index is 0.227. The lowest BCUT2D eigenvalue weighted by atomic mass is 9.74. The Morgan fingerprint density at radius 2 is 1.82 bits per heavy atom. The Balaban J connectivity index is 1.65. The van der Waals surface area contributed by atoms with Crippen LogP contribution in [0.2, 0.25) is 0 Å². The fourth-order valence-electron chi connectivity index (χ4n) is 3.22. The van der Waals surface area contributed by atoms with E-state index in [2.05, 4.69) is 18.7 Å². The van der Waals surface area contributed by atoms with E-state index in [4.69, 9.17) is 4.74 Å². The van der Waals surface area contributed by atoms with Crippen LogP contribution in [0.4, 0.5) is 5.69 Å². The topological polar surface area (TPSA) is 53.0 Å². The molecule has 0 aromatic heterocycles. The quantitative estimate of drug-likeness (QED) is 0.924. The first-order chi connectivity index (χ1) is 10.5. The SMILES string of the molecule is CC(C)C1(C(=O)N2CCN(c3ccccc3O)CC2)COC1. The van der Waals surface area contributed by atoms with Crippen LogP contribution >= 0.6 is 0 Å². The Hall–Kier alpha value is -1.75. The number of ether oxygens (including phenoxy) is 1. The number of carbonyl (C=O) groups excluding carboxylic acids is 1. The van der Waals surface area contributed by atoms with E-state index in [1.165, 1.54) is 0 Å². The highest BCUT2D eigenvalue weighted by Gasteiger charge is 2.50. The van der Waals surface area contributed by atoms with Gasteiger partial charge in [-0.05, 0) is 18.1 Å². The average Bonchev–Trinajstić information content (AvgIpc) is 2.46. The number of phenols is 1. The zero-order valence-corrected chi connectivity index (χ0v) is 13.3. The number of para-hydroxylation sites is 2. The highest BCUT2D eigenvalue weighted by molar-refractivity contribution is 5.84. The molecule has 2 aliphatic heterocycles. The monoisotopic (exact) mass is 304 g/mol. The molecular formula is C17H24N2O3. The number of hydrogen-bond acceptors (Lipinski definition) is 4. The van der Waals surface area contributed by atoms with Crippen molar-refractivity contribution < 1.29 is 14.6 Å². The lowest BCUT2D eigenvalue weighted by Crippen LogP contribution is -2.61. The van der Waals surface area contributed by atoms with Gasteiger partial charge in [0.05, 0.1) is 24.3 Å². The van der Waals surface area contributed by atoms with Gasteiger partial charge in [-0.1, -0.05) is 26.0 Å². The minimum atomic E-state index is -0.322. The first kappa shape index (κ1) is 15.2. The van der Waals surface area contributed by atoms with E-state index in [9.17, 15) is 9.90 Å². The summed E-state index contributed by atoms with van der Waals surface area (Å²) in [5, 5.41) is 9.95. The number of carbonyl (C=O) groups is 1. The van der Waals surface area contributed by atoms with Gasteiger partial charge in [-0.2, -0.15) is 0 Å². The van der Waals surface area contributed by atoms with Crippen LogP contribution in [0.1, 0.15) is 13.8 Å². The van der Waals surface area contributed by atoms with Crippen molar-refractivity contribution in [2.24, 2.45) is 11.3 Å². The standard InChI is InChI=1S/C17H24N2O3/c1-13(2)17(11-22-12-17)16(21)19-9-7-18(8-10-19)14-5-3-4-6-15(14)20/h3-6,13,20H,7-12H2,1-2H3. The third kappa shape index (κ3) is 2.43. The molecule has 2 heterocycles. The molecule has 1 aromatic carbocycles. The zero-order valence-electron chi connectivity index (χ0n) is 13.3. The summed E-state index contributed by atoms with van der Waals surface area (Å²) < 4.78 is 5.33. The maximum Gasteiger partial charge on any atom is 0.233 e. The fourth-order valence-corrected chi connectivity index (χ4v) is 3.22. The smallest absolute Gasteiger partial charge is 0.233 e. The van der Waals surface area contributed by atoms with Gasteiger partial charge in [-0.15, -0.1) is 0 Å². The van der Waals surface area contributed by atoms with Crippen molar-refractivity contribution in [3.8, 4) is 5.75 Å². The maximum atomic E-state index is 12.8. The highest BCUT2D eigenvalue weighted by Crippen LogP contribution is 2.38. The molecule has 5 heteroatoms. The molecule has 0 bridgehead atoms. The number of aromatic hydroxyl groups is 1. The molecular weight excluding hydrogens is 280 g/mol. The Morgan fingerprint density at radius 3 is 2.32 bits per heavy atom. The van der Waals surface area contributed by atoms with Crippen LogP contribution in [0, 0.1) is 11.3 Å². The second kappa shape index (κ2) is 5.80. The lowest BCUT2D eigenvalue weighted by Gasteiger charge is -2.47. The number of hydrogen-bond donors (Lipinski definition) is 1. The number of rotatable bonds is 3. The normalized spacial score (nSPS) is 20.9. The third-order valence-electron chi connectivity index (χ3n) is 5.04. The minimum Gasteiger partial charge on any atom is -0.506 e. The van der Waals surface area contributed by atoms with Crippen LogP contribution in [-0.2, 0) is 9.53 Å². The Bertz CT molecular complexity index is 547. The number of piperazine rings is 1. The van der Waals surface area contributed by atoms with E-state index in [0.29, 0.717) is 38.0 Å². The fraction of sp³-hybridized carbons (Fsp3) is 0.588. The van der Waals surface area contributed by atoms with Crippen molar-refractivity contribution in [1.29, 1.82) is 0 Å². The number of amides is 1. The molecule has 2 saturated heterocycles. The van der Waals surface area contributed by atoms with Gasteiger partial charge >= 0.3 is 0 Å². The van der Waals surface area contributed by atoms with Crippen LogP contribution in [0.5, 0.6) is 5.75 Å². The van der Waals surface area contributed by atoms with Crippen LogP contribution in [0.25, 0.3) is 0 Å². The van der Waals surface area contributed by atoms with Gasteiger partial charge in [0, 0.05) is 26.2 Å². The molecule has 2 aliphatic rings. The second-order valence-electron chi connectivity index (χ2n) is 6.57. The highest BCUT2D eigenvalue weighted by atomic mass is 16.5. The van der Waals surface area contributed by atoms with Gasteiger partial charge in [0.1, 0.15) is 5.75 Å². The molecule has 1 N–H and O–H groups in total. The summed E-state index contributed by atoms with van der Waals surface area (Å²) in [5.41, 5.74) is 0.525.